The van der Waals surface area contributed by atoms with Crippen LogP contribution in [0.5, 0.6) is 0 Å². The molecule has 110 valence electrons. The fourth-order valence-electron chi connectivity index (χ4n) is 2.69. The molecule has 0 bridgehead atoms. The molecule has 1 amide bonds. The van der Waals surface area contributed by atoms with E-state index in [-0.39, 0.29) is 24.2 Å². The number of carboxylic acids is 1. The Bertz CT molecular complexity index is 502. The van der Waals surface area contributed by atoms with E-state index < -0.39 is 5.97 Å². The lowest BCUT2D eigenvalue weighted by atomic mass is 9.84. The Labute approximate surface area is 127 Å². The van der Waals surface area contributed by atoms with Gasteiger partial charge < -0.3 is 10.0 Å². The topological polar surface area (TPSA) is 57.6 Å². The van der Waals surface area contributed by atoms with Crippen LogP contribution in [0.15, 0.2) is 11.4 Å². The minimum absolute atomic E-state index is 0.0303. The summed E-state index contributed by atoms with van der Waals surface area (Å²) in [5.41, 5.74) is 0. The van der Waals surface area contributed by atoms with Crippen molar-refractivity contribution in [2.45, 2.75) is 26.2 Å². The average molecular weight is 316 g/mol. The Morgan fingerprint density at radius 1 is 1.60 bits per heavy atom. The number of hydrogen-bond donors (Lipinski definition) is 1. The molecule has 6 heteroatoms. The molecule has 1 saturated heterocycles. The monoisotopic (exact) mass is 315 g/mol. The van der Waals surface area contributed by atoms with E-state index in [0.29, 0.717) is 16.4 Å². The second-order valence-corrected chi connectivity index (χ2v) is 6.65. The molecule has 1 fully saturated rings. The number of carbonyl (C=O) groups is 2. The molecule has 1 N–H and O–H groups in total. The summed E-state index contributed by atoms with van der Waals surface area (Å²) < 4.78 is 0. The molecular weight excluding hydrogens is 298 g/mol. The highest BCUT2D eigenvalue weighted by molar-refractivity contribution is 7.12. The van der Waals surface area contributed by atoms with Crippen molar-refractivity contribution in [3.63, 3.8) is 0 Å². The molecule has 0 radical (unpaired) electrons. The standard InChI is InChI=1S/C14H18ClNO3S/c1-9(7-12(17)18)10-3-2-5-16(8-10)14(19)13-11(15)4-6-20-13/h4,6,9-10H,2-3,5,7-8H2,1H3,(H,17,18). The van der Waals surface area contributed by atoms with Gasteiger partial charge in [0, 0.05) is 19.5 Å². The molecule has 2 rings (SSSR count). The minimum atomic E-state index is -0.776. The van der Waals surface area contributed by atoms with Crippen LogP contribution in [-0.2, 0) is 4.79 Å². The summed E-state index contributed by atoms with van der Waals surface area (Å²) >= 11 is 7.36. The number of carboxylic acid groups (broad SMARTS) is 1. The Morgan fingerprint density at radius 3 is 2.95 bits per heavy atom. The minimum Gasteiger partial charge on any atom is -0.481 e. The molecule has 1 aromatic rings. The van der Waals surface area contributed by atoms with Crippen molar-refractivity contribution in [1.82, 2.24) is 4.90 Å². The van der Waals surface area contributed by atoms with Crippen molar-refractivity contribution in [2.24, 2.45) is 11.8 Å². The van der Waals surface area contributed by atoms with Crippen LogP contribution in [0, 0.1) is 11.8 Å². The van der Waals surface area contributed by atoms with Crippen molar-refractivity contribution in [1.29, 1.82) is 0 Å². The number of hydrogen-bond acceptors (Lipinski definition) is 3. The third-order valence-electron chi connectivity index (χ3n) is 3.86. The number of carbonyl (C=O) groups excluding carboxylic acids is 1. The molecule has 0 aliphatic carbocycles. The lowest BCUT2D eigenvalue weighted by Gasteiger charge is -2.35. The first-order valence-corrected chi connectivity index (χ1v) is 7.99. The summed E-state index contributed by atoms with van der Waals surface area (Å²) in [6, 6.07) is 1.73. The molecule has 0 spiro atoms. The highest BCUT2D eigenvalue weighted by Crippen LogP contribution is 2.29. The largest absolute Gasteiger partial charge is 0.481 e. The van der Waals surface area contributed by atoms with E-state index in [1.165, 1.54) is 11.3 Å². The van der Waals surface area contributed by atoms with Gasteiger partial charge in [-0.05, 0) is 36.1 Å². The summed E-state index contributed by atoms with van der Waals surface area (Å²) in [5, 5.41) is 11.2. The van der Waals surface area contributed by atoms with Crippen LogP contribution in [0.4, 0.5) is 0 Å². The van der Waals surface area contributed by atoms with Gasteiger partial charge in [0.05, 0.1) is 5.02 Å². The van der Waals surface area contributed by atoms with Crippen LogP contribution in [0.3, 0.4) is 0 Å². The average Bonchev–Trinajstić information content (AvgIpc) is 2.83. The SMILES string of the molecule is CC(CC(=O)O)C1CCCN(C(=O)c2sccc2Cl)C1. The van der Waals surface area contributed by atoms with Gasteiger partial charge in [-0.3, -0.25) is 9.59 Å². The van der Waals surface area contributed by atoms with E-state index in [1.54, 1.807) is 6.07 Å². The van der Waals surface area contributed by atoms with E-state index in [2.05, 4.69) is 0 Å². The van der Waals surface area contributed by atoms with E-state index in [0.717, 1.165) is 19.4 Å². The Kier molecular flexibility index (Phi) is 5.05. The van der Waals surface area contributed by atoms with Crippen LogP contribution in [0.1, 0.15) is 35.9 Å². The Morgan fingerprint density at radius 2 is 2.35 bits per heavy atom. The molecule has 1 aliphatic rings. The molecule has 20 heavy (non-hydrogen) atoms. The molecule has 2 atom stereocenters. The quantitative estimate of drug-likeness (QED) is 0.926. The van der Waals surface area contributed by atoms with Crippen molar-refractivity contribution >= 4 is 34.8 Å². The summed E-state index contributed by atoms with van der Waals surface area (Å²) in [4.78, 5) is 25.6. The third kappa shape index (κ3) is 3.52. The number of amides is 1. The number of thiophene rings is 1. The van der Waals surface area contributed by atoms with Crippen molar-refractivity contribution < 1.29 is 14.7 Å². The summed E-state index contributed by atoms with van der Waals surface area (Å²) in [6.07, 6.45) is 2.06. The van der Waals surface area contributed by atoms with Gasteiger partial charge >= 0.3 is 5.97 Å². The van der Waals surface area contributed by atoms with E-state index in [4.69, 9.17) is 16.7 Å². The third-order valence-corrected chi connectivity index (χ3v) is 5.19. The Hall–Kier alpha value is -1.07. The molecule has 0 aromatic carbocycles. The zero-order valence-electron chi connectivity index (χ0n) is 11.3. The second kappa shape index (κ2) is 6.59. The maximum atomic E-state index is 12.4. The first-order chi connectivity index (χ1) is 9.49. The number of piperidine rings is 1. The molecule has 1 aliphatic heterocycles. The predicted octanol–water partition coefficient (Wildman–Crippen LogP) is 3.36. The van der Waals surface area contributed by atoms with E-state index in [1.807, 2.05) is 17.2 Å². The summed E-state index contributed by atoms with van der Waals surface area (Å²) in [5.74, 6) is -0.469. The first kappa shape index (κ1) is 15.3. The predicted molar refractivity (Wildman–Crippen MR) is 79.4 cm³/mol. The molecule has 4 nitrogen and oxygen atoms in total. The van der Waals surface area contributed by atoms with Gasteiger partial charge in [-0.25, -0.2) is 0 Å². The number of nitrogens with zero attached hydrogens (tertiary/aromatic N) is 1. The summed E-state index contributed by atoms with van der Waals surface area (Å²) in [7, 11) is 0. The lowest BCUT2D eigenvalue weighted by molar-refractivity contribution is -0.138. The number of aliphatic carboxylic acids is 1. The second-order valence-electron chi connectivity index (χ2n) is 5.33. The molecular formula is C14H18ClNO3S. The van der Waals surface area contributed by atoms with Crippen molar-refractivity contribution in [2.75, 3.05) is 13.1 Å². The van der Waals surface area contributed by atoms with Gasteiger partial charge in [0.1, 0.15) is 4.88 Å². The molecule has 2 unspecified atom stereocenters. The number of rotatable bonds is 4. The smallest absolute Gasteiger partial charge is 0.303 e. The normalized spacial score (nSPS) is 20.7. The van der Waals surface area contributed by atoms with Gasteiger partial charge in [-0.2, -0.15) is 0 Å². The van der Waals surface area contributed by atoms with Crippen molar-refractivity contribution in [3.05, 3.63) is 21.3 Å². The van der Waals surface area contributed by atoms with Gasteiger partial charge in [-0.1, -0.05) is 18.5 Å². The number of halogens is 1. The maximum absolute atomic E-state index is 12.4. The van der Waals surface area contributed by atoms with E-state index >= 15 is 0 Å². The fraction of sp³-hybridized carbons (Fsp3) is 0.571. The Balaban J connectivity index is 2.02. The van der Waals surface area contributed by atoms with Crippen LogP contribution in [0.2, 0.25) is 5.02 Å². The lowest BCUT2D eigenvalue weighted by Crippen LogP contribution is -2.41. The van der Waals surface area contributed by atoms with Gasteiger partial charge in [0.25, 0.3) is 5.91 Å². The molecule has 0 saturated carbocycles. The highest BCUT2D eigenvalue weighted by Gasteiger charge is 2.29. The molecule has 2 heterocycles. The van der Waals surface area contributed by atoms with Gasteiger partial charge in [-0.15, -0.1) is 11.3 Å². The zero-order chi connectivity index (χ0) is 14.7. The van der Waals surface area contributed by atoms with Crippen LogP contribution in [-0.4, -0.2) is 35.0 Å². The summed E-state index contributed by atoms with van der Waals surface area (Å²) in [6.45, 7) is 3.30. The van der Waals surface area contributed by atoms with Crippen LogP contribution in [0.25, 0.3) is 0 Å². The zero-order valence-corrected chi connectivity index (χ0v) is 12.9. The van der Waals surface area contributed by atoms with Gasteiger partial charge in [0.15, 0.2) is 0 Å². The van der Waals surface area contributed by atoms with E-state index in [9.17, 15) is 9.59 Å². The fourth-order valence-corrected chi connectivity index (χ4v) is 3.79. The number of likely N-dealkylation sites (tertiary alicyclic amines) is 1. The van der Waals surface area contributed by atoms with Crippen LogP contribution < -0.4 is 0 Å². The maximum Gasteiger partial charge on any atom is 0.303 e. The first-order valence-electron chi connectivity index (χ1n) is 6.73. The van der Waals surface area contributed by atoms with Gasteiger partial charge in [0.2, 0.25) is 0 Å². The highest BCUT2D eigenvalue weighted by atomic mass is 35.5. The molecule has 1 aromatic heterocycles. The van der Waals surface area contributed by atoms with Crippen LogP contribution >= 0.6 is 22.9 Å². The van der Waals surface area contributed by atoms with Crippen molar-refractivity contribution in [3.8, 4) is 0 Å².